The number of rotatable bonds is 12. The number of aryl methyl sites for hydroxylation is 1. The number of ketones is 2. The molecule has 0 spiro atoms. The first kappa shape index (κ1) is 26.8. The zero-order valence-electron chi connectivity index (χ0n) is 23.0. The zero-order valence-corrected chi connectivity index (χ0v) is 23.0. The number of carbonyl (C=O) groups excluding carboxylic acids is 2. The molecule has 6 rings (SSSR count). The second-order valence-corrected chi connectivity index (χ2v) is 11.5. The predicted molar refractivity (Wildman–Crippen MR) is 149 cm³/mol. The van der Waals surface area contributed by atoms with E-state index in [1.807, 2.05) is 0 Å². The van der Waals surface area contributed by atoms with Crippen molar-refractivity contribution >= 4 is 22.6 Å². The second kappa shape index (κ2) is 11.5. The van der Waals surface area contributed by atoms with Crippen molar-refractivity contribution in [1.29, 1.82) is 0 Å². The number of nitrogens with zero attached hydrogens (tertiary/aromatic N) is 3. The van der Waals surface area contributed by atoms with Gasteiger partial charge in [0.05, 0.1) is 16.5 Å². The minimum absolute atomic E-state index is 0.0908. The van der Waals surface area contributed by atoms with Crippen LogP contribution in [0.25, 0.3) is 11.0 Å². The molecular weight excluding hydrogens is 478 g/mol. The third-order valence-corrected chi connectivity index (χ3v) is 9.00. The fourth-order valence-electron chi connectivity index (χ4n) is 6.93. The van der Waals surface area contributed by atoms with Gasteiger partial charge >= 0.3 is 5.69 Å². The fraction of sp³-hybridized carbons (Fsp3) is 0.645. The lowest BCUT2D eigenvalue weighted by Gasteiger charge is -2.41. The highest BCUT2D eigenvalue weighted by molar-refractivity contribution is 6.30. The molecule has 204 valence electrons. The van der Waals surface area contributed by atoms with Gasteiger partial charge in [-0.25, -0.2) is 9.78 Å². The highest BCUT2D eigenvalue weighted by Gasteiger charge is 2.46. The summed E-state index contributed by atoms with van der Waals surface area (Å²) >= 11 is 0. The Kier molecular flexibility index (Phi) is 8.10. The Hall–Kier alpha value is -2.83. The standard InChI is InChI=1S/C31H41N3O4/c1-3-5-7-9-11-17-33-29-26(30(37)34(31(33)38)18-12-10-8-6-4-2)25-22(19-32-29)27(35)23-20-13-15-21(16-14-20)24(23)28(25)36/h19-21H,3-18H2,1-2H3. The van der Waals surface area contributed by atoms with Crippen molar-refractivity contribution < 1.29 is 9.59 Å². The molecule has 7 nitrogen and oxygen atoms in total. The fourth-order valence-corrected chi connectivity index (χ4v) is 6.93. The van der Waals surface area contributed by atoms with E-state index in [1.165, 1.54) is 10.8 Å². The van der Waals surface area contributed by atoms with E-state index in [9.17, 15) is 19.2 Å². The Balaban J connectivity index is 1.62. The van der Waals surface area contributed by atoms with Crippen molar-refractivity contribution in [3.8, 4) is 0 Å². The van der Waals surface area contributed by atoms with Crippen LogP contribution in [0, 0.1) is 11.8 Å². The van der Waals surface area contributed by atoms with Crippen LogP contribution in [-0.2, 0) is 13.1 Å². The number of aromatic nitrogens is 3. The third kappa shape index (κ3) is 4.62. The van der Waals surface area contributed by atoms with Gasteiger partial charge in [0.2, 0.25) is 0 Å². The lowest BCUT2D eigenvalue weighted by atomic mass is 9.61. The zero-order chi connectivity index (χ0) is 26.8. The van der Waals surface area contributed by atoms with Gasteiger partial charge < -0.3 is 0 Å². The van der Waals surface area contributed by atoms with Gasteiger partial charge in [-0.05, 0) is 50.4 Å². The van der Waals surface area contributed by atoms with Crippen molar-refractivity contribution in [3.63, 3.8) is 0 Å². The van der Waals surface area contributed by atoms with Crippen molar-refractivity contribution in [1.82, 2.24) is 14.1 Å². The first-order chi connectivity index (χ1) is 18.5. The Bertz CT molecular complexity index is 1390. The summed E-state index contributed by atoms with van der Waals surface area (Å²) in [5.41, 5.74) is 1.17. The summed E-state index contributed by atoms with van der Waals surface area (Å²) in [7, 11) is 0. The normalized spacial score (nSPS) is 20.4. The molecule has 2 aromatic heterocycles. The molecule has 2 bridgehead atoms. The maximum atomic E-state index is 14.1. The van der Waals surface area contributed by atoms with Crippen molar-refractivity contribution in [2.24, 2.45) is 11.8 Å². The molecule has 0 amide bonds. The summed E-state index contributed by atoms with van der Waals surface area (Å²) in [5, 5.41) is 0.163. The number of unbranched alkanes of at least 4 members (excludes halogenated alkanes) is 8. The van der Waals surface area contributed by atoms with Gasteiger partial charge in [-0.2, -0.15) is 0 Å². The molecule has 0 radical (unpaired) electrons. The molecule has 0 saturated heterocycles. The number of carbonyl (C=O) groups is 2. The number of hydrogen-bond acceptors (Lipinski definition) is 5. The molecule has 2 heterocycles. The van der Waals surface area contributed by atoms with Gasteiger partial charge in [0, 0.05) is 30.4 Å². The smallest absolute Gasteiger partial charge is 0.289 e. The molecular formula is C31H41N3O4. The van der Waals surface area contributed by atoms with Crippen molar-refractivity contribution in [2.75, 3.05) is 0 Å². The first-order valence-corrected chi connectivity index (χ1v) is 15.0. The molecule has 4 aliphatic carbocycles. The lowest BCUT2D eigenvalue weighted by molar-refractivity contribution is 0.0922. The average molecular weight is 520 g/mol. The molecule has 7 heteroatoms. The van der Waals surface area contributed by atoms with Gasteiger partial charge in [-0.3, -0.25) is 23.5 Å². The number of hydrogen-bond donors (Lipinski definition) is 0. The summed E-state index contributed by atoms with van der Waals surface area (Å²) in [6.07, 6.45) is 15.3. The van der Waals surface area contributed by atoms with Crippen LogP contribution in [0.5, 0.6) is 0 Å². The molecule has 0 aliphatic heterocycles. The van der Waals surface area contributed by atoms with Crippen LogP contribution in [0.4, 0.5) is 0 Å². The van der Waals surface area contributed by atoms with E-state index in [4.69, 9.17) is 0 Å². The number of fused-ring (bicyclic) bond motifs is 5. The van der Waals surface area contributed by atoms with Gasteiger partial charge in [0.15, 0.2) is 11.6 Å². The molecule has 0 N–H and O–H groups in total. The monoisotopic (exact) mass is 519 g/mol. The summed E-state index contributed by atoms with van der Waals surface area (Å²) < 4.78 is 2.89. The van der Waals surface area contributed by atoms with E-state index in [2.05, 4.69) is 18.8 Å². The molecule has 4 aliphatic rings. The van der Waals surface area contributed by atoms with Crippen molar-refractivity contribution in [3.05, 3.63) is 49.3 Å². The number of Topliss-reactive ketones (excluding diaryl/α,β-unsaturated/α-hetero) is 2. The topological polar surface area (TPSA) is 91.0 Å². The van der Waals surface area contributed by atoms with E-state index in [0.29, 0.717) is 24.2 Å². The Morgan fingerprint density at radius 2 is 1.24 bits per heavy atom. The second-order valence-electron chi connectivity index (χ2n) is 11.5. The van der Waals surface area contributed by atoms with Crippen LogP contribution in [0.15, 0.2) is 26.9 Å². The predicted octanol–water partition coefficient (Wildman–Crippen LogP) is 5.99. The minimum atomic E-state index is -0.474. The quantitative estimate of drug-likeness (QED) is 0.321. The van der Waals surface area contributed by atoms with Crippen LogP contribution in [0.3, 0.4) is 0 Å². The first-order valence-electron chi connectivity index (χ1n) is 15.0. The van der Waals surface area contributed by atoms with Gasteiger partial charge in [0.1, 0.15) is 5.65 Å². The lowest BCUT2D eigenvalue weighted by Crippen LogP contribution is -2.43. The van der Waals surface area contributed by atoms with Crippen LogP contribution < -0.4 is 11.2 Å². The van der Waals surface area contributed by atoms with Crippen LogP contribution in [-0.4, -0.2) is 25.7 Å². The average Bonchev–Trinajstić information content (AvgIpc) is 2.94. The van der Waals surface area contributed by atoms with Crippen LogP contribution in [0.2, 0.25) is 0 Å². The van der Waals surface area contributed by atoms with Gasteiger partial charge in [-0.1, -0.05) is 65.2 Å². The summed E-state index contributed by atoms with van der Waals surface area (Å²) in [4.78, 5) is 59.8. The number of allylic oxidation sites excluding steroid dienone is 2. The maximum absolute atomic E-state index is 14.1. The van der Waals surface area contributed by atoms with E-state index in [0.717, 1.165) is 89.9 Å². The minimum Gasteiger partial charge on any atom is -0.289 e. The molecule has 1 saturated carbocycles. The summed E-state index contributed by atoms with van der Waals surface area (Å²) in [6, 6.07) is 0. The van der Waals surface area contributed by atoms with E-state index < -0.39 is 5.56 Å². The summed E-state index contributed by atoms with van der Waals surface area (Å²) in [5.74, 6) is -0.0994. The molecule has 0 unspecified atom stereocenters. The highest BCUT2D eigenvalue weighted by Crippen LogP contribution is 2.49. The van der Waals surface area contributed by atoms with Gasteiger partial charge in [-0.15, -0.1) is 0 Å². The number of pyridine rings is 1. The molecule has 0 aromatic carbocycles. The Morgan fingerprint density at radius 1 is 0.711 bits per heavy atom. The van der Waals surface area contributed by atoms with E-state index in [-0.39, 0.29) is 51.3 Å². The largest absolute Gasteiger partial charge is 0.332 e. The van der Waals surface area contributed by atoms with Crippen LogP contribution >= 0.6 is 0 Å². The highest BCUT2D eigenvalue weighted by atomic mass is 16.2. The maximum Gasteiger partial charge on any atom is 0.332 e. The van der Waals surface area contributed by atoms with Gasteiger partial charge in [0.25, 0.3) is 5.56 Å². The van der Waals surface area contributed by atoms with Crippen LogP contribution in [0.1, 0.15) is 124 Å². The molecule has 2 aromatic rings. The van der Waals surface area contributed by atoms with E-state index in [1.54, 1.807) is 4.57 Å². The SMILES string of the molecule is CCCCCCCn1c(=O)c2c3c(cnc2n(CCCCCCC)c1=O)C(=O)C1=C(C3=O)C2CCC1CC2. The Morgan fingerprint density at radius 3 is 1.82 bits per heavy atom. The van der Waals surface area contributed by atoms with E-state index >= 15 is 0 Å². The Labute approximate surface area is 224 Å². The molecule has 38 heavy (non-hydrogen) atoms. The van der Waals surface area contributed by atoms with Crippen molar-refractivity contribution in [2.45, 2.75) is 117 Å². The summed E-state index contributed by atoms with van der Waals surface area (Å²) in [6.45, 7) is 5.08. The third-order valence-electron chi connectivity index (χ3n) is 9.00. The molecule has 1 fully saturated rings. The molecule has 0 atom stereocenters.